The van der Waals surface area contributed by atoms with Crippen molar-refractivity contribution >= 4 is 0 Å². The van der Waals surface area contributed by atoms with Crippen LogP contribution in [0.2, 0.25) is 0 Å². The molecule has 0 aliphatic carbocycles. The van der Waals surface area contributed by atoms with Crippen molar-refractivity contribution in [2.45, 2.75) is 24.6 Å². The molecular formula is C12H12F5NO. The summed E-state index contributed by atoms with van der Waals surface area (Å²) >= 11 is 0. The van der Waals surface area contributed by atoms with Crippen molar-refractivity contribution < 1.29 is 26.7 Å². The van der Waals surface area contributed by atoms with E-state index in [0.29, 0.717) is 6.07 Å². The van der Waals surface area contributed by atoms with Crippen LogP contribution in [0.1, 0.15) is 12.8 Å². The van der Waals surface area contributed by atoms with Crippen LogP contribution >= 0.6 is 0 Å². The van der Waals surface area contributed by atoms with Gasteiger partial charge in [-0.3, -0.25) is 0 Å². The zero-order valence-corrected chi connectivity index (χ0v) is 9.86. The van der Waals surface area contributed by atoms with E-state index >= 15 is 0 Å². The van der Waals surface area contributed by atoms with E-state index < -0.39 is 29.2 Å². The van der Waals surface area contributed by atoms with E-state index in [1.54, 1.807) is 0 Å². The zero-order chi connectivity index (χ0) is 14.1. The minimum Gasteiger partial charge on any atom is -0.474 e. The third-order valence-corrected chi connectivity index (χ3v) is 3.13. The standard InChI is InChI=1S/C12H12F5NO/c13-8-1-2-9(14)10(7-8)19-11(12(15,16)17)3-5-18-6-4-11/h1-2,7,18H,3-6H2. The molecule has 0 radical (unpaired) electrons. The summed E-state index contributed by atoms with van der Waals surface area (Å²) in [6.07, 6.45) is -5.33. The van der Waals surface area contributed by atoms with Gasteiger partial charge in [0.15, 0.2) is 11.6 Å². The molecule has 0 atom stereocenters. The Morgan fingerprint density at radius 1 is 1.11 bits per heavy atom. The molecule has 7 heteroatoms. The summed E-state index contributed by atoms with van der Waals surface area (Å²) in [4.78, 5) is 0. The molecule has 0 aromatic heterocycles. The highest BCUT2D eigenvalue weighted by Gasteiger charge is 2.57. The first-order valence-electron chi connectivity index (χ1n) is 5.76. The highest BCUT2D eigenvalue weighted by Crippen LogP contribution is 2.41. The molecule has 1 aromatic carbocycles. The lowest BCUT2D eigenvalue weighted by Crippen LogP contribution is -2.56. The van der Waals surface area contributed by atoms with E-state index in [0.717, 1.165) is 12.1 Å². The second-order valence-corrected chi connectivity index (χ2v) is 4.42. The monoisotopic (exact) mass is 281 g/mol. The maximum atomic E-state index is 13.4. The third kappa shape index (κ3) is 2.80. The van der Waals surface area contributed by atoms with E-state index in [9.17, 15) is 22.0 Å². The summed E-state index contributed by atoms with van der Waals surface area (Å²) in [5.74, 6) is -2.56. The Kier molecular flexibility index (Phi) is 3.66. The largest absolute Gasteiger partial charge is 0.474 e. The number of benzene rings is 1. The Balaban J connectivity index is 2.33. The fourth-order valence-corrected chi connectivity index (χ4v) is 2.04. The molecule has 1 heterocycles. The molecule has 1 aliphatic heterocycles. The molecule has 19 heavy (non-hydrogen) atoms. The Labute approximate surface area is 106 Å². The van der Waals surface area contributed by atoms with Crippen molar-refractivity contribution in [3.63, 3.8) is 0 Å². The summed E-state index contributed by atoms with van der Waals surface area (Å²) in [5, 5.41) is 2.78. The van der Waals surface area contributed by atoms with Gasteiger partial charge in [0.2, 0.25) is 5.60 Å². The predicted octanol–water partition coefficient (Wildman–Crippen LogP) is 3.03. The van der Waals surface area contributed by atoms with Crippen molar-refractivity contribution in [3.8, 4) is 5.75 Å². The molecule has 1 aliphatic rings. The lowest BCUT2D eigenvalue weighted by molar-refractivity contribution is -0.256. The van der Waals surface area contributed by atoms with Gasteiger partial charge >= 0.3 is 6.18 Å². The number of rotatable bonds is 2. The van der Waals surface area contributed by atoms with Crippen LogP contribution in [0.15, 0.2) is 18.2 Å². The van der Waals surface area contributed by atoms with E-state index in [1.807, 2.05) is 0 Å². The van der Waals surface area contributed by atoms with Crippen LogP contribution in [0.5, 0.6) is 5.75 Å². The molecule has 0 amide bonds. The van der Waals surface area contributed by atoms with Crippen LogP contribution in [0.4, 0.5) is 22.0 Å². The van der Waals surface area contributed by atoms with Crippen molar-refractivity contribution in [1.82, 2.24) is 5.32 Å². The van der Waals surface area contributed by atoms with Gasteiger partial charge in [0.1, 0.15) is 5.82 Å². The van der Waals surface area contributed by atoms with Crippen molar-refractivity contribution in [3.05, 3.63) is 29.8 Å². The van der Waals surface area contributed by atoms with E-state index in [1.165, 1.54) is 0 Å². The summed E-state index contributed by atoms with van der Waals surface area (Å²) in [6.45, 7) is 0.215. The third-order valence-electron chi connectivity index (χ3n) is 3.13. The Morgan fingerprint density at radius 3 is 2.32 bits per heavy atom. The van der Waals surface area contributed by atoms with Crippen LogP contribution in [0.25, 0.3) is 0 Å². The van der Waals surface area contributed by atoms with Crippen molar-refractivity contribution in [2.75, 3.05) is 13.1 Å². The number of hydrogen-bond donors (Lipinski definition) is 1. The van der Waals surface area contributed by atoms with Gasteiger partial charge in [0.25, 0.3) is 0 Å². The Bertz CT molecular complexity index is 454. The maximum absolute atomic E-state index is 13.4. The molecule has 0 unspecified atom stereocenters. The number of ether oxygens (including phenoxy) is 1. The predicted molar refractivity (Wildman–Crippen MR) is 57.9 cm³/mol. The van der Waals surface area contributed by atoms with Crippen molar-refractivity contribution in [2.24, 2.45) is 0 Å². The first-order chi connectivity index (χ1) is 8.84. The molecule has 2 nitrogen and oxygen atoms in total. The quantitative estimate of drug-likeness (QED) is 0.841. The first kappa shape index (κ1) is 14.0. The molecule has 0 bridgehead atoms. The smallest absolute Gasteiger partial charge is 0.428 e. The number of alkyl halides is 3. The lowest BCUT2D eigenvalue weighted by Gasteiger charge is -2.39. The van der Waals surface area contributed by atoms with Gasteiger partial charge in [-0.15, -0.1) is 0 Å². The molecule has 0 spiro atoms. The summed E-state index contributed by atoms with van der Waals surface area (Å²) < 4.78 is 70.7. The van der Waals surface area contributed by atoms with Crippen LogP contribution in [-0.4, -0.2) is 24.9 Å². The molecular weight excluding hydrogens is 269 g/mol. The van der Waals surface area contributed by atoms with E-state index in [2.05, 4.69) is 5.32 Å². The molecule has 1 saturated heterocycles. The van der Waals surface area contributed by atoms with Gasteiger partial charge in [0, 0.05) is 18.9 Å². The van der Waals surface area contributed by atoms with Crippen molar-refractivity contribution in [1.29, 1.82) is 0 Å². The highest BCUT2D eigenvalue weighted by molar-refractivity contribution is 5.26. The first-order valence-corrected chi connectivity index (χ1v) is 5.76. The number of nitrogens with one attached hydrogen (secondary N) is 1. The average molecular weight is 281 g/mol. The van der Waals surface area contributed by atoms with Gasteiger partial charge in [-0.05, 0) is 25.2 Å². The minimum atomic E-state index is -4.64. The van der Waals surface area contributed by atoms with Gasteiger partial charge in [-0.2, -0.15) is 13.2 Å². The number of piperidine rings is 1. The molecule has 1 aromatic rings. The molecule has 1 fully saturated rings. The maximum Gasteiger partial charge on any atom is 0.428 e. The SMILES string of the molecule is Fc1ccc(F)c(OC2(C(F)(F)F)CCNCC2)c1. The summed E-state index contributed by atoms with van der Waals surface area (Å²) in [5.41, 5.74) is -2.47. The van der Waals surface area contributed by atoms with E-state index in [-0.39, 0.29) is 25.9 Å². The number of hydrogen-bond acceptors (Lipinski definition) is 2. The van der Waals surface area contributed by atoms with Gasteiger partial charge in [0.05, 0.1) is 0 Å². The van der Waals surface area contributed by atoms with Gasteiger partial charge < -0.3 is 10.1 Å². The molecule has 2 rings (SSSR count). The topological polar surface area (TPSA) is 21.3 Å². The van der Waals surface area contributed by atoms with Crippen LogP contribution < -0.4 is 10.1 Å². The fraction of sp³-hybridized carbons (Fsp3) is 0.500. The van der Waals surface area contributed by atoms with Crippen LogP contribution in [0, 0.1) is 11.6 Å². The lowest BCUT2D eigenvalue weighted by atomic mass is 9.91. The Hall–Kier alpha value is -1.37. The highest BCUT2D eigenvalue weighted by atomic mass is 19.4. The zero-order valence-electron chi connectivity index (χ0n) is 9.86. The fourth-order valence-electron chi connectivity index (χ4n) is 2.04. The number of halogens is 5. The average Bonchev–Trinajstić information content (AvgIpc) is 2.34. The second kappa shape index (κ2) is 4.96. The Morgan fingerprint density at radius 2 is 1.74 bits per heavy atom. The van der Waals surface area contributed by atoms with Gasteiger partial charge in [-0.25, -0.2) is 8.78 Å². The summed E-state index contributed by atoms with van der Waals surface area (Å²) in [7, 11) is 0. The second-order valence-electron chi connectivity index (χ2n) is 4.42. The minimum absolute atomic E-state index is 0.108. The van der Waals surface area contributed by atoms with Gasteiger partial charge in [-0.1, -0.05) is 0 Å². The normalized spacial score (nSPS) is 19.2. The molecule has 1 N–H and O–H groups in total. The van der Waals surface area contributed by atoms with E-state index in [4.69, 9.17) is 4.74 Å². The van der Waals surface area contributed by atoms with Crippen LogP contribution in [-0.2, 0) is 0 Å². The summed E-state index contributed by atoms with van der Waals surface area (Å²) in [6, 6.07) is 2.20. The molecule has 106 valence electrons. The molecule has 0 saturated carbocycles. The van der Waals surface area contributed by atoms with Crippen LogP contribution in [0.3, 0.4) is 0 Å².